The Labute approximate surface area is 157 Å². The van der Waals surface area contributed by atoms with Gasteiger partial charge in [0.15, 0.2) is 0 Å². The van der Waals surface area contributed by atoms with Crippen LogP contribution in [0, 0.1) is 5.82 Å². The van der Waals surface area contributed by atoms with E-state index in [4.69, 9.17) is 0 Å². The Balaban J connectivity index is 1.54. The van der Waals surface area contributed by atoms with Crippen molar-refractivity contribution in [3.05, 3.63) is 54.1 Å². The number of aryl methyl sites for hydroxylation is 1. The number of pyridine rings is 1. The van der Waals surface area contributed by atoms with Crippen molar-refractivity contribution in [3.63, 3.8) is 0 Å². The molecule has 1 N–H and O–H groups in total. The van der Waals surface area contributed by atoms with E-state index in [-0.39, 0.29) is 17.8 Å². The van der Waals surface area contributed by atoms with Crippen molar-refractivity contribution in [3.8, 4) is 0 Å². The maximum Gasteiger partial charge on any atom is 0.244 e. The number of nitrogens with one attached hydrogen (secondary N) is 1. The molecule has 1 atom stereocenters. The van der Waals surface area contributed by atoms with E-state index in [1.165, 1.54) is 12.1 Å². The Morgan fingerprint density at radius 1 is 1.33 bits per heavy atom. The maximum absolute atomic E-state index is 13.6. The van der Waals surface area contributed by atoms with E-state index >= 15 is 0 Å². The Hall–Kier alpha value is -2.80. The molecule has 27 heavy (non-hydrogen) atoms. The number of anilines is 1. The standard InChI is InChI=1S/C20H22FN5O/c1-2-26-18-12-14(21)8-9-16(18)23-20(26)24-19(27)17-7-5-11-25(17)13-15-6-3-4-10-22-15/h3-4,6,8-10,12,17H,2,5,7,11,13H2,1H3,(H,23,24,27). The predicted octanol–water partition coefficient (Wildman–Crippen LogP) is 3.19. The molecule has 7 heteroatoms. The van der Waals surface area contributed by atoms with Gasteiger partial charge >= 0.3 is 0 Å². The lowest BCUT2D eigenvalue weighted by Gasteiger charge is -2.23. The Morgan fingerprint density at radius 3 is 3.00 bits per heavy atom. The molecule has 1 aliphatic heterocycles. The zero-order valence-electron chi connectivity index (χ0n) is 15.2. The topological polar surface area (TPSA) is 63.1 Å². The number of hydrogen-bond donors (Lipinski definition) is 1. The van der Waals surface area contributed by atoms with Gasteiger partial charge in [0.2, 0.25) is 11.9 Å². The van der Waals surface area contributed by atoms with Crippen molar-refractivity contribution in [2.45, 2.75) is 38.9 Å². The van der Waals surface area contributed by atoms with E-state index in [0.717, 1.165) is 25.1 Å². The SMILES string of the molecule is CCn1c(NC(=O)C2CCCN2Cc2ccccn2)nc2ccc(F)cc21. The molecule has 0 spiro atoms. The highest BCUT2D eigenvalue weighted by Crippen LogP contribution is 2.24. The number of carbonyl (C=O) groups is 1. The molecule has 0 bridgehead atoms. The summed E-state index contributed by atoms with van der Waals surface area (Å²) in [6.45, 7) is 4.06. The summed E-state index contributed by atoms with van der Waals surface area (Å²) in [6, 6.07) is 10.1. The maximum atomic E-state index is 13.6. The molecule has 0 aliphatic carbocycles. The van der Waals surface area contributed by atoms with Gasteiger partial charge in [0.1, 0.15) is 5.82 Å². The van der Waals surface area contributed by atoms with Crippen LogP contribution in [-0.4, -0.2) is 37.9 Å². The molecule has 1 fully saturated rings. The number of aromatic nitrogens is 3. The number of fused-ring (bicyclic) bond motifs is 1. The average Bonchev–Trinajstić information content (AvgIpc) is 3.26. The summed E-state index contributed by atoms with van der Waals surface area (Å²) in [7, 11) is 0. The molecule has 0 radical (unpaired) electrons. The molecule has 4 rings (SSSR count). The second-order valence-electron chi connectivity index (χ2n) is 6.75. The molecule has 3 heterocycles. The van der Waals surface area contributed by atoms with E-state index in [9.17, 15) is 9.18 Å². The summed E-state index contributed by atoms with van der Waals surface area (Å²) in [5.41, 5.74) is 2.31. The number of imidazole rings is 1. The number of likely N-dealkylation sites (tertiary alicyclic amines) is 1. The van der Waals surface area contributed by atoms with E-state index < -0.39 is 0 Å². The second kappa shape index (κ2) is 7.44. The summed E-state index contributed by atoms with van der Waals surface area (Å²) >= 11 is 0. The normalized spacial score (nSPS) is 17.5. The number of hydrogen-bond acceptors (Lipinski definition) is 4. The molecule has 140 valence electrons. The van der Waals surface area contributed by atoms with Crippen molar-refractivity contribution in [2.24, 2.45) is 0 Å². The smallest absolute Gasteiger partial charge is 0.244 e. The molecular formula is C20H22FN5O. The van der Waals surface area contributed by atoms with Crippen LogP contribution in [0.3, 0.4) is 0 Å². The van der Waals surface area contributed by atoms with E-state index in [1.54, 1.807) is 12.3 Å². The van der Waals surface area contributed by atoms with Gasteiger partial charge in [-0.05, 0) is 56.6 Å². The quantitative estimate of drug-likeness (QED) is 0.752. The van der Waals surface area contributed by atoms with Crippen LogP contribution >= 0.6 is 0 Å². The van der Waals surface area contributed by atoms with Gasteiger partial charge < -0.3 is 4.57 Å². The minimum Gasteiger partial charge on any atom is -0.310 e. The van der Waals surface area contributed by atoms with Crippen LogP contribution in [0.15, 0.2) is 42.6 Å². The molecular weight excluding hydrogens is 345 g/mol. The Morgan fingerprint density at radius 2 is 2.22 bits per heavy atom. The van der Waals surface area contributed by atoms with Crippen LogP contribution in [0.4, 0.5) is 10.3 Å². The fourth-order valence-corrected chi connectivity index (χ4v) is 3.72. The summed E-state index contributed by atoms with van der Waals surface area (Å²) < 4.78 is 15.4. The lowest BCUT2D eigenvalue weighted by atomic mass is 10.2. The molecule has 1 aromatic carbocycles. The summed E-state index contributed by atoms with van der Waals surface area (Å²) in [6.07, 6.45) is 3.54. The van der Waals surface area contributed by atoms with Crippen molar-refractivity contribution >= 4 is 22.9 Å². The zero-order valence-corrected chi connectivity index (χ0v) is 15.2. The molecule has 1 unspecified atom stereocenters. The minimum atomic E-state index is -0.313. The molecule has 1 saturated heterocycles. The average molecular weight is 367 g/mol. The highest BCUT2D eigenvalue weighted by atomic mass is 19.1. The minimum absolute atomic E-state index is 0.0751. The number of rotatable bonds is 5. The van der Waals surface area contributed by atoms with Gasteiger partial charge in [0.25, 0.3) is 0 Å². The highest BCUT2D eigenvalue weighted by molar-refractivity contribution is 5.95. The lowest BCUT2D eigenvalue weighted by molar-refractivity contribution is -0.120. The van der Waals surface area contributed by atoms with Crippen molar-refractivity contribution in [1.82, 2.24) is 19.4 Å². The van der Waals surface area contributed by atoms with E-state index in [1.807, 2.05) is 29.7 Å². The van der Waals surface area contributed by atoms with Gasteiger partial charge in [0, 0.05) is 19.3 Å². The second-order valence-corrected chi connectivity index (χ2v) is 6.75. The number of nitrogens with zero attached hydrogens (tertiary/aromatic N) is 4. The first-order valence-corrected chi connectivity index (χ1v) is 9.26. The fourth-order valence-electron chi connectivity index (χ4n) is 3.72. The first-order chi connectivity index (χ1) is 13.2. The first kappa shape index (κ1) is 17.6. The molecule has 3 aromatic rings. The van der Waals surface area contributed by atoms with Crippen molar-refractivity contribution < 1.29 is 9.18 Å². The monoisotopic (exact) mass is 367 g/mol. The van der Waals surface area contributed by atoms with Gasteiger partial charge in [-0.1, -0.05) is 6.07 Å². The number of carbonyl (C=O) groups excluding carboxylic acids is 1. The Bertz CT molecular complexity index is 956. The predicted molar refractivity (Wildman–Crippen MR) is 102 cm³/mol. The molecule has 6 nitrogen and oxygen atoms in total. The van der Waals surface area contributed by atoms with Gasteiger partial charge in [0.05, 0.1) is 22.8 Å². The van der Waals surface area contributed by atoms with Crippen LogP contribution in [0.1, 0.15) is 25.5 Å². The van der Waals surface area contributed by atoms with E-state index in [2.05, 4.69) is 20.2 Å². The highest BCUT2D eigenvalue weighted by Gasteiger charge is 2.31. The lowest BCUT2D eigenvalue weighted by Crippen LogP contribution is -2.39. The third-order valence-electron chi connectivity index (χ3n) is 5.02. The van der Waals surface area contributed by atoms with Gasteiger partial charge in [-0.25, -0.2) is 9.37 Å². The molecule has 2 aromatic heterocycles. The molecule has 0 saturated carbocycles. The van der Waals surface area contributed by atoms with Gasteiger partial charge in [-0.2, -0.15) is 0 Å². The summed E-state index contributed by atoms with van der Waals surface area (Å²) in [5.74, 6) is 0.0778. The van der Waals surface area contributed by atoms with Crippen LogP contribution in [-0.2, 0) is 17.9 Å². The number of amides is 1. The van der Waals surface area contributed by atoms with Crippen LogP contribution in [0.25, 0.3) is 11.0 Å². The largest absolute Gasteiger partial charge is 0.310 e. The van der Waals surface area contributed by atoms with Gasteiger partial charge in [-0.15, -0.1) is 0 Å². The van der Waals surface area contributed by atoms with Gasteiger partial charge in [-0.3, -0.25) is 20.0 Å². The molecule has 1 amide bonds. The summed E-state index contributed by atoms with van der Waals surface area (Å²) in [5, 5.41) is 2.96. The summed E-state index contributed by atoms with van der Waals surface area (Å²) in [4.78, 5) is 23.9. The van der Waals surface area contributed by atoms with Crippen LogP contribution in [0.2, 0.25) is 0 Å². The fraction of sp³-hybridized carbons (Fsp3) is 0.350. The third kappa shape index (κ3) is 3.55. The van der Waals surface area contributed by atoms with Crippen molar-refractivity contribution in [1.29, 1.82) is 0 Å². The number of halogens is 1. The van der Waals surface area contributed by atoms with Crippen molar-refractivity contribution in [2.75, 3.05) is 11.9 Å². The first-order valence-electron chi connectivity index (χ1n) is 9.26. The zero-order chi connectivity index (χ0) is 18.8. The number of benzene rings is 1. The van der Waals surface area contributed by atoms with E-state index in [0.29, 0.717) is 30.1 Å². The Kier molecular flexibility index (Phi) is 4.85. The molecule has 1 aliphatic rings. The third-order valence-corrected chi connectivity index (χ3v) is 5.02. The van der Waals surface area contributed by atoms with Crippen LogP contribution < -0.4 is 5.32 Å². The van der Waals surface area contributed by atoms with Crippen LogP contribution in [0.5, 0.6) is 0 Å².